The Morgan fingerprint density at radius 3 is 2.39 bits per heavy atom. The van der Waals surface area contributed by atoms with Gasteiger partial charge in [0.05, 0.1) is 23.6 Å². The Labute approximate surface area is 202 Å². The fourth-order valence-corrected chi connectivity index (χ4v) is 6.78. The fraction of sp³-hybridized carbons (Fsp3) is 0.360. The quantitative estimate of drug-likeness (QED) is 0.594. The summed E-state index contributed by atoms with van der Waals surface area (Å²) in [6.45, 7) is 6.38. The number of fused-ring (bicyclic) bond motifs is 3. The molecule has 1 fully saturated rings. The number of carbonyl (C=O) groups excluding carboxylic acids is 1. The Morgan fingerprint density at radius 2 is 1.76 bits per heavy atom. The van der Waals surface area contributed by atoms with Crippen LogP contribution in [-0.2, 0) is 21.9 Å². The monoisotopic (exact) mass is 525 g/mol. The van der Waals surface area contributed by atoms with Gasteiger partial charge in [-0.3, -0.25) is 4.79 Å². The van der Waals surface area contributed by atoms with Crippen LogP contribution in [0.25, 0.3) is 5.57 Å². The number of Topliss-reactive ketones (excluding diaryl/α,β-unsaturated/α-hetero) is 1. The number of hydrogen-bond acceptors (Lipinski definition) is 5. The lowest BCUT2D eigenvalue weighted by Crippen LogP contribution is -2.48. The average Bonchev–Trinajstić information content (AvgIpc) is 3.17. The van der Waals surface area contributed by atoms with Crippen molar-refractivity contribution >= 4 is 43.0 Å². The maximum atomic E-state index is 13.7. The van der Waals surface area contributed by atoms with Crippen molar-refractivity contribution in [1.82, 2.24) is 4.31 Å². The SMILES string of the molecule is CC1(C)C2=C(C(=O)c3cc(Br)c(N4CCN(S(C)(=O)=O)CC4)cc31)c1ccc(C#N)cc1C2. The van der Waals surface area contributed by atoms with E-state index < -0.39 is 10.0 Å². The molecule has 0 unspecified atom stereocenters. The number of carbonyl (C=O) groups is 1. The standard InChI is InChI=1S/C25H24BrN3O3S/c1-25(2)19-13-22(28-6-8-29(9-7-28)33(3,31)32)21(26)12-18(19)24(30)23-17-5-4-15(14-27)10-16(17)11-20(23)25/h4-5,10,12-13H,6-9,11H2,1-3H3. The molecule has 0 amide bonds. The Morgan fingerprint density at radius 1 is 1.06 bits per heavy atom. The third-order valence-corrected chi connectivity index (χ3v) is 9.15. The number of allylic oxidation sites excluding steroid dienone is 2. The number of rotatable bonds is 2. The summed E-state index contributed by atoms with van der Waals surface area (Å²) in [5, 5.41) is 9.29. The molecule has 0 N–H and O–H groups in total. The maximum absolute atomic E-state index is 13.7. The fourth-order valence-electron chi connectivity index (χ4n) is 5.35. The van der Waals surface area contributed by atoms with E-state index in [1.807, 2.05) is 18.2 Å². The maximum Gasteiger partial charge on any atom is 0.211 e. The molecule has 8 heteroatoms. The average molecular weight is 526 g/mol. The minimum atomic E-state index is -3.20. The van der Waals surface area contributed by atoms with E-state index in [9.17, 15) is 18.5 Å². The zero-order valence-corrected chi connectivity index (χ0v) is 21.2. The molecule has 3 aliphatic rings. The molecule has 170 valence electrons. The van der Waals surface area contributed by atoms with E-state index in [1.54, 1.807) is 6.07 Å². The molecule has 0 aromatic heterocycles. The number of piperazine rings is 1. The van der Waals surface area contributed by atoms with Crippen LogP contribution in [0.5, 0.6) is 0 Å². The van der Waals surface area contributed by atoms with E-state index in [0.717, 1.165) is 38.0 Å². The Bertz CT molecular complexity index is 1390. The summed E-state index contributed by atoms with van der Waals surface area (Å²) >= 11 is 3.68. The molecule has 0 spiro atoms. The van der Waals surface area contributed by atoms with Crippen LogP contribution < -0.4 is 4.90 Å². The Balaban J connectivity index is 1.54. The van der Waals surface area contributed by atoms with Crippen LogP contribution in [0.1, 0.15) is 46.5 Å². The van der Waals surface area contributed by atoms with Gasteiger partial charge in [0.2, 0.25) is 10.0 Å². The van der Waals surface area contributed by atoms with Gasteiger partial charge in [-0.2, -0.15) is 9.57 Å². The molecule has 6 nitrogen and oxygen atoms in total. The molecule has 2 aromatic carbocycles. The number of nitrogens with zero attached hydrogens (tertiary/aromatic N) is 3. The summed E-state index contributed by atoms with van der Waals surface area (Å²) in [5.74, 6) is 0.0249. The first kappa shape index (κ1) is 22.3. The predicted octanol–water partition coefficient (Wildman–Crippen LogP) is 3.89. The van der Waals surface area contributed by atoms with Crippen molar-refractivity contribution in [3.8, 4) is 6.07 Å². The molecule has 1 heterocycles. The first-order valence-electron chi connectivity index (χ1n) is 10.9. The van der Waals surface area contributed by atoms with E-state index in [-0.39, 0.29) is 11.2 Å². The largest absolute Gasteiger partial charge is 0.368 e. The van der Waals surface area contributed by atoms with E-state index in [2.05, 4.69) is 46.8 Å². The van der Waals surface area contributed by atoms with Gasteiger partial charge < -0.3 is 4.90 Å². The van der Waals surface area contributed by atoms with E-state index in [1.165, 1.54) is 10.6 Å². The highest BCUT2D eigenvalue weighted by atomic mass is 79.9. The molecule has 0 bridgehead atoms. The van der Waals surface area contributed by atoms with Crippen LogP contribution in [0.15, 0.2) is 40.4 Å². The molecule has 0 atom stereocenters. The van der Waals surface area contributed by atoms with E-state index >= 15 is 0 Å². The summed E-state index contributed by atoms with van der Waals surface area (Å²) in [5.41, 5.74) is 6.75. The molecule has 1 saturated heterocycles. The highest BCUT2D eigenvalue weighted by Gasteiger charge is 2.43. The van der Waals surface area contributed by atoms with Gasteiger partial charge in [-0.15, -0.1) is 0 Å². The van der Waals surface area contributed by atoms with Crippen LogP contribution >= 0.6 is 15.9 Å². The van der Waals surface area contributed by atoms with Gasteiger partial charge in [-0.05, 0) is 68.9 Å². The smallest absolute Gasteiger partial charge is 0.211 e. The van der Waals surface area contributed by atoms with Gasteiger partial charge in [0, 0.05) is 47.2 Å². The lowest BCUT2D eigenvalue weighted by Gasteiger charge is -2.38. The summed E-state index contributed by atoms with van der Waals surface area (Å²) in [6.07, 6.45) is 1.91. The zero-order chi connectivity index (χ0) is 23.7. The first-order valence-corrected chi connectivity index (χ1v) is 13.5. The highest BCUT2D eigenvalue weighted by Crippen LogP contribution is 2.51. The Kier molecular flexibility index (Phi) is 5.09. The van der Waals surface area contributed by atoms with Crippen LogP contribution in [0, 0.1) is 11.3 Å². The van der Waals surface area contributed by atoms with Crippen LogP contribution in [0.4, 0.5) is 5.69 Å². The van der Waals surface area contributed by atoms with Gasteiger partial charge in [-0.1, -0.05) is 19.9 Å². The van der Waals surface area contributed by atoms with Gasteiger partial charge in [0.1, 0.15) is 0 Å². The topological polar surface area (TPSA) is 81.5 Å². The van der Waals surface area contributed by atoms with E-state index in [4.69, 9.17) is 0 Å². The number of nitriles is 1. The van der Waals surface area contributed by atoms with Crippen LogP contribution in [-0.4, -0.2) is 50.9 Å². The van der Waals surface area contributed by atoms with Crippen LogP contribution in [0.3, 0.4) is 0 Å². The van der Waals surface area contributed by atoms with Gasteiger partial charge >= 0.3 is 0 Å². The number of sulfonamides is 1. The summed E-state index contributed by atoms with van der Waals surface area (Å²) in [4.78, 5) is 15.8. The Hall–Kier alpha value is -2.47. The second-order valence-corrected chi connectivity index (χ2v) is 12.3. The lowest BCUT2D eigenvalue weighted by atomic mass is 9.68. The van der Waals surface area contributed by atoms with Crippen molar-refractivity contribution in [1.29, 1.82) is 5.26 Å². The lowest BCUT2D eigenvalue weighted by molar-refractivity contribution is 0.105. The van der Waals surface area contributed by atoms with Crippen LogP contribution in [0.2, 0.25) is 0 Å². The molecule has 33 heavy (non-hydrogen) atoms. The first-order chi connectivity index (χ1) is 15.5. The molecule has 5 rings (SSSR count). The third kappa shape index (κ3) is 3.45. The summed E-state index contributed by atoms with van der Waals surface area (Å²) in [6, 6.07) is 11.8. The molecule has 0 saturated carbocycles. The summed E-state index contributed by atoms with van der Waals surface area (Å²) in [7, 11) is -3.20. The third-order valence-electron chi connectivity index (χ3n) is 7.21. The number of ketones is 1. The van der Waals surface area contributed by atoms with Gasteiger partial charge in [0.15, 0.2) is 5.78 Å². The second kappa shape index (κ2) is 7.52. The highest BCUT2D eigenvalue weighted by molar-refractivity contribution is 9.10. The van der Waals surface area contributed by atoms with Crippen molar-refractivity contribution in [3.05, 3.63) is 68.2 Å². The normalized spacial score (nSPS) is 19.7. The number of hydrogen-bond donors (Lipinski definition) is 0. The second-order valence-electron chi connectivity index (χ2n) is 9.47. The number of halogens is 1. The molecule has 2 aromatic rings. The predicted molar refractivity (Wildman–Crippen MR) is 132 cm³/mol. The number of anilines is 1. The van der Waals surface area contributed by atoms with Crippen molar-refractivity contribution in [2.45, 2.75) is 25.7 Å². The van der Waals surface area contributed by atoms with Crippen molar-refractivity contribution in [2.24, 2.45) is 0 Å². The molecule has 2 aliphatic carbocycles. The molecule has 0 radical (unpaired) electrons. The minimum Gasteiger partial charge on any atom is -0.368 e. The molecular weight excluding hydrogens is 502 g/mol. The summed E-state index contributed by atoms with van der Waals surface area (Å²) < 4.78 is 26.1. The van der Waals surface area contributed by atoms with Crippen molar-refractivity contribution in [3.63, 3.8) is 0 Å². The van der Waals surface area contributed by atoms with Gasteiger partial charge in [0.25, 0.3) is 0 Å². The minimum absolute atomic E-state index is 0.0249. The van der Waals surface area contributed by atoms with Gasteiger partial charge in [-0.25, -0.2) is 8.42 Å². The molecule has 1 aliphatic heterocycles. The van der Waals surface area contributed by atoms with Crippen molar-refractivity contribution in [2.75, 3.05) is 37.3 Å². The van der Waals surface area contributed by atoms with E-state index in [0.29, 0.717) is 43.7 Å². The van der Waals surface area contributed by atoms with Crippen molar-refractivity contribution < 1.29 is 13.2 Å². The number of benzene rings is 2. The molecular formula is C25H24BrN3O3S. The zero-order valence-electron chi connectivity index (χ0n) is 18.8.